The van der Waals surface area contributed by atoms with Crippen LogP contribution in [-0.2, 0) is 0 Å². The van der Waals surface area contributed by atoms with Crippen LogP contribution < -0.4 is 5.32 Å². The summed E-state index contributed by atoms with van der Waals surface area (Å²) in [6.07, 6.45) is 22.9. The molecule has 0 spiro atoms. The highest BCUT2D eigenvalue weighted by molar-refractivity contribution is 4.52. The Labute approximate surface area is 141 Å². The third-order valence-electron chi connectivity index (χ3n) is 4.41. The average Bonchev–Trinajstić information content (AvgIpc) is 2.50. The molecule has 0 aliphatic carbocycles. The molecule has 0 rings (SSSR count). The van der Waals surface area contributed by atoms with Crippen molar-refractivity contribution in [1.29, 1.82) is 0 Å². The molecule has 0 aliphatic heterocycles. The molecule has 0 unspecified atom stereocenters. The molecule has 0 bridgehead atoms. The minimum absolute atomic E-state index is 0. The molecule has 0 aromatic rings. The fraction of sp³-hybridized carbons (Fsp3) is 1.00. The Kier molecular flexibility index (Phi) is 25.5. The van der Waals surface area contributed by atoms with Crippen LogP contribution in [0.1, 0.15) is 117 Å². The number of nitrogens with one attached hydrogen (secondary N) is 1. The second-order valence-corrected chi connectivity index (χ2v) is 6.70. The predicted molar refractivity (Wildman–Crippen MR) is 102 cm³/mol. The zero-order chi connectivity index (χ0) is 15.4. The maximum Gasteiger partial charge on any atom is -0.00489 e. The summed E-state index contributed by atoms with van der Waals surface area (Å²) in [6.45, 7) is 7.05. The fourth-order valence-electron chi connectivity index (χ4n) is 2.89. The molecule has 0 radical (unpaired) electrons. The van der Waals surface area contributed by atoms with Crippen molar-refractivity contribution in [1.82, 2.24) is 5.32 Å². The lowest BCUT2D eigenvalue weighted by molar-refractivity contribution is 0.530. The normalized spacial score (nSPS) is 10.6. The van der Waals surface area contributed by atoms with E-state index in [1.54, 1.807) is 0 Å². The van der Waals surface area contributed by atoms with Crippen LogP contribution >= 0.6 is 0 Å². The lowest BCUT2D eigenvalue weighted by Crippen LogP contribution is -2.16. The molecule has 22 heavy (non-hydrogen) atoms. The van der Waals surface area contributed by atoms with Gasteiger partial charge in [0.15, 0.2) is 0 Å². The van der Waals surface area contributed by atoms with E-state index in [2.05, 4.69) is 19.2 Å². The summed E-state index contributed by atoms with van der Waals surface area (Å²) in [6, 6.07) is 0. The predicted octanol–water partition coefficient (Wildman–Crippen LogP) is 6.03. The minimum Gasteiger partial charge on any atom is -0.412 e. The molecule has 2 heteroatoms. The Balaban J connectivity index is 0. The van der Waals surface area contributed by atoms with Gasteiger partial charge in [0.2, 0.25) is 0 Å². The summed E-state index contributed by atoms with van der Waals surface area (Å²) in [5.74, 6) is 0. The monoisotopic (exact) mass is 315 g/mol. The zero-order valence-electron chi connectivity index (χ0n) is 15.7. The summed E-state index contributed by atoms with van der Waals surface area (Å²) < 4.78 is 0. The van der Waals surface area contributed by atoms with E-state index in [1.165, 1.54) is 116 Å². The Morgan fingerprint density at radius 3 is 1.05 bits per heavy atom. The maximum absolute atomic E-state index is 3.58. The highest BCUT2D eigenvalue weighted by Gasteiger charge is 1.94. The number of rotatable bonds is 18. The van der Waals surface area contributed by atoms with Gasteiger partial charge < -0.3 is 10.8 Å². The van der Waals surface area contributed by atoms with Crippen LogP contribution in [0.4, 0.5) is 0 Å². The second-order valence-electron chi connectivity index (χ2n) is 6.70. The Bertz CT molecular complexity index is 155. The van der Waals surface area contributed by atoms with Gasteiger partial charge >= 0.3 is 0 Å². The molecule has 0 saturated carbocycles. The Hall–Kier alpha value is -0.0800. The van der Waals surface area contributed by atoms with E-state index >= 15 is 0 Å². The molecule has 3 N–H and O–H groups in total. The van der Waals surface area contributed by atoms with Crippen LogP contribution in [0.15, 0.2) is 0 Å². The summed E-state index contributed by atoms with van der Waals surface area (Å²) in [4.78, 5) is 0. The summed E-state index contributed by atoms with van der Waals surface area (Å²) in [5.41, 5.74) is 0. The van der Waals surface area contributed by atoms with E-state index in [0.29, 0.717) is 0 Å². The first-order valence-electron chi connectivity index (χ1n) is 10.1. The van der Waals surface area contributed by atoms with E-state index in [4.69, 9.17) is 0 Å². The summed E-state index contributed by atoms with van der Waals surface area (Å²) in [7, 11) is 0. The Morgan fingerprint density at radius 1 is 0.409 bits per heavy atom. The van der Waals surface area contributed by atoms with Crippen molar-refractivity contribution < 1.29 is 5.48 Å². The lowest BCUT2D eigenvalue weighted by Gasteiger charge is -2.05. The molecule has 0 aromatic carbocycles. The third-order valence-corrected chi connectivity index (χ3v) is 4.41. The van der Waals surface area contributed by atoms with Crippen LogP contribution in [0.5, 0.6) is 0 Å². The molecule has 0 fully saturated rings. The minimum atomic E-state index is 0. The van der Waals surface area contributed by atoms with Crippen molar-refractivity contribution in [2.75, 3.05) is 13.1 Å². The van der Waals surface area contributed by atoms with Gasteiger partial charge in [-0.2, -0.15) is 0 Å². The van der Waals surface area contributed by atoms with Crippen molar-refractivity contribution in [3.8, 4) is 0 Å². The SMILES string of the molecule is CCCCCCCCCCCCCCNCCCCCC.O. The third kappa shape index (κ3) is 22.2. The number of hydrogen-bond acceptors (Lipinski definition) is 1. The van der Waals surface area contributed by atoms with Crippen LogP contribution in [-0.4, -0.2) is 18.6 Å². The molecule has 136 valence electrons. The van der Waals surface area contributed by atoms with Gasteiger partial charge in [0.25, 0.3) is 0 Å². The van der Waals surface area contributed by atoms with Crippen molar-refractivity contribution >= 4 is 0 Å². The van der Waals surface area contributed by atoms with Gasteiger partial charge in [0.1, 0.15) is 0 Å². The molecular weight excluding hydrogens is 270 g/mol. The molecule has 0 amide bonds. The van der Waals surface area contributed by atoms with Crippen molar-refractivity contribution in [2.24, 2.45) is 0 Å². The van der Waals surface area contributed by atoms with Gasteiger partial charge in [0, 0.05) is 0 Å². The van der Waals surface area contributed by atoms with Crippen molar-refractivity contribution in [3.63, 3.8) is 0 Å². The fourth-order valence-corrected chi connectivity index (χ4v) is 2.89. The molecule has 2 nitrogen and oxygen atoms in total. The lowest BCUT2D eigenvalue weighted by atomic mass is 10.1. The number of unbranched alkanes of at least 4 members (excludes halogenated alkanes) is 14. The van der Waals surface area contributed by atoms with Gasteiger partial charge in [0.05, 0.1) is 0 Å². The largest absolute Gasteiger partial charge is 0.412 e. The van der Waals surface area contributed by atoms with E-state index in [0.717, 1.165) is 0 Å². The summed E-state index contributed by atoms with van der Waals surface area (Å²) in [5, 5.41) is 3.58. The highest BCUT2D eigenvalue weighted by Crippen LogP contribution is 2.11. The number of hydrogen-bond donors (Lipinski definition) is 1. The van der Waals surface area contributed by atoms with Gasteiger partial charge in [-0.25, -0.2) is 0 Å². The molecule has 0 saturated heterocycles. The van der Waals surface area contributed by atoms with E-state index < -0.39 is 0 Å². The van der Waals surface area contributed by atoms with Crippen molar-refractivity contribution in [2.45, 2.75) is 117 Å². The molecule has 0 heterocycles. The average molecular weight is 316 g/mol. The van der Waals surface area contributed by atoms with Gasteiger partial charge in [-0.15, -0.1) is 0 Å². The van der Waals surface area contributed by atoms with E-state index in [1.807, 2.05) is 0 Å². The van der Waals surface area contributed by atoms with Crippen LogP contribution in [0.25, 0.3) is 0 Å². The van der Waals surface area contributed by atoms with Gasteiger partial charge in [-0.05, 0) is 25.9 Å². The first kappa shape index (κ1) is 24.2. The maximum atomic E-state index is 3.58. The van der Waals surface area contributed by atoms with Crippen LogP contribution in [0, 0.1) is 0 Å². The van der Waals surface area contributed by atoms with Crippen LogP contribution in [0.3, 0.4) is 0 Å². The molecular formula is C20H45NO. The van der Waals surface area contributed by atoms with Gasteiger partial charge in [-0.3, -0.25) is 0 Å². The van der Waals surface area contributed by atoms with Gasteiger partial charge in [-0.1, -0.05) is 104 Å². The summed E-state index contributed by atoms with van der Waals surface area (Å²) >= 11 is 0. The first-order valence-corrected chi connectivity index (χ1v) is 10.1. The quantitative estimate of drug-likeness (QED) is 0.308. The zero-order valence-corrected chi connectivity index (χ0v) is 15.7. The van der Waals surface area contributed by atoms with E-state index in [-0.39, 0.29) is 5.48 Å². The second kappa shape index (κ2) is 23.2. The Morgan fingerprint density at radius 2 is 0.682 bits per heavy atom. The standard InChI is InChI=1S/C20H43N.H2O/c1-3-5-7-9-10-11-12-13-14-15-16-18-20-21-19-17-8-6-4-2;/h21H,3-20H2,1-2H3;1H2. The van der Waals surface area contributed by atoms with E-state index in [9.17, 15) is 0 Å². The molecule has 0 atom stereocenters. The highest BCUT2D eigenvalue weighted by atomic mass is 16.0. The first-order chi connectivity index (χ1) is 10.4. The molecule has 0 aliphatic rings. The topological polar surface area (TPSA) is 43.5 Å². The molecule has 0 aromatic heterocycles. The van der Waals surface area contributed by atoms with Crippen molar-refractivity contribution in [3.05, 3.63) is 0 Å². The van der Waals surface area contributed by atoms with Crippen LogP contribution in [0.2, 0.25) is 0 Å². The smallest absolute Gasteiger partial charge is 0.00489 e.